The van der Waals surface area contributed by atoms with Crippen molar-refractivity contribution in [2.75, 3.05) is 19.8 Å². The van der Waals surface area contributed by atoms with Crippen LogP contribution in [0, 0.1) is 12.8 Å². The Hall–Kier alpha value is -3.02. The van der Waals surface area contributed by atoms with Crippen LogP contribution >= 0.6 is 0 Å². The highest BCUT2D eigenvalue weighted by Crippen LogP contribution is 2.34. The van der Waals surface area contributed by atoms with Crippen molar-refractivity contribution in [3.05, 3.63) is 41.5 Å². The van der Waals surface area contributed by atoms with E-state index in [1.807, 2.05) is 25.1 Å². The molecule has 0 bridgehead atoms. The van der Waals surface area contributed by atoms with Gasteiger partial charge >= 0.3 is 12.1 Å². The molecule has 3 heterocycles. The van der Waals surface area contributed by atoms with Gasteiger partial charge in [-0.1, -0.05) is 0 Å². The number of aromatic nitrogens is 4. The zero-order chi connectivity index (χ0) is 24.2. The van der Waals surface area contributed by atoms with E-state index in [0.29, 0.717) is 32.0 Å². The van der Waals surface area contributed by atoms with Gasteiger partial charge in [-0.25, -0.2) is 14.8 Å². The Kier molecular flexibility index (Phi) is 7.67. The van der Waals surface area contributed by atoms with Gasteiger partial charge in [-0.05, 0) is 32.6 Å². The number of carbonyl (C=O) groups excluding carboxylic acids is 1. The highest BCUT2D eigenvalue weighted by molar-refractivity contribution is 5.92. The van der Waals surface area contributed by atoms with Gasteiger partial charge in [0.05, 0.1) is 37.1 Å². The third-order valence-electron chi connectivity index (χ3n) is 5.33. The highest BCUT2D eigenvalue weighted by atomic mass is 19.4. The third kappa shape index (κ3) is 6.50. The van der Waals surface area contributed by atoms with Crippen molar-refractivity contribution in [1.82, 2.24) is 24.4 Å². The highest BCUT2D eigenvalue weighted by Gasteiger charge is 2.38. The van der Waals surface area contributed by atoms with Crippen molar-refractivity contribution in [2.24, 2.45) is 5.92 Å². The summed E-state index contributed by atoms with van der Waals surface area (Å²) in [4.78, 5) is 36.6. The minimum Gasteiger partial charge on any atom is -0.475 e. The minimum atomic E-state index is -5.08. The summed E-state index contributed by atoms with van der Waals surface area (Å²) >= 11 is 0. The number of carboxylic acid groups (broad SMARTS) is 1. The molecule has 1 unspecified atom stereocenters. The third-order valence-corrected chi connectivity index (χ3v) is 5.33. The van der Waals surface area contributed by atoms with Crippen LogP contribution in [-0.4, -0.2) is 67.3 Å². The Morgan fingerprint density at radius 3 is 2.45 bits per heavy atom. The molecule has 1 saturated carbocycles. The quantitative estimate of drug-likeness (QED) is 0.693. The fourth-order valence-electron chi connectivity index (χ4n) is 3.56. The first kappa shape index (κ1) is 24.6. The van der Waals surface area contributed by atoms with Crippen molar-refractivity contribution in [1.29, 1.82) is 0 Å². The van der Waals surface area contributed by atoms with E-state index in [1.54, 1.807) is 12.4 Å². The molecular formula is C21H26F3N5O4. The number of hydrogen-bond donors (Lipinski definition) is 1. The van der Waals surface area contributed by atoms with Crippen molar-refractivity contribution in [3.63, 3.8) is 0 Å². The number of carbonyl (C=O) groups is 2. The molecule has 1 fully saturated rings. The Balaban J connectivity index is 0.000000383. The summed E-state index contributed by atoms with van der Waals surface area (Å²) in [6.07, 6.45) is 2.64. The molecule has 9 nitrogen and oxygen atoms in total. The number of ether oxygens (including phenoxy) is 1. The number of carboxylic acids is 1. The maximum atomic E-state index is 12.9. The van der Waals surface area contributed by atoms with Crippen LogP contribution in [0.5, 0.6) is 0 Å². The summed E-state index contributed by atoms with van der Waals surface area (Å²) in [7, 11) is 0. The fraction of sp³-hybridized carbons (Fsp3) is 0.571. The van der Waals surface area contributed by atoms with E-state index in [0.717, 1.165) is 23.9 Å². The monoisotopic (exact) mass is 469 g/mol. The van der Waals surface area contributed by atoms with Gasteiger partial charge in [0.2, 0.25) is 0 Å². The lowest BCUT2D eigenvalue weighted by Gasteiger charge is -2.33. The summed E-state index contributed by atoms with van der Waals surface area (Å²) in [6, 6.07) is 0. The van der Waals surface area contributed by atoms with Crippen LogP contribution in [-0.2, 0) is 22.6 Å². The molecule has 0 radical (unpaired) electrons. The molecule has 2 aliphatic rings. The Morgan fingerprint density at radius 1 is 1.21 bits per heavy atom. The van der Waals surface area contributed by atoms with Crippen LogP contribution in [0.15, 0.2) is 18.7 Å². The first-order valence-corrected chi connectivity index (χ1v) is 10.6. The topological polar surface area (TPSA) is 110 Å². The van der Waals surface area contributed by atoms with Gasteiger partial charge in [-0.3, -0.25) is 9.78 Å². The number of alkyl halides is 3. The van der Waals surface area contributed by atoms with Crippen molar-refractivity contribution < 1.29 is 32.6 Å². The van der Waals surface area contributed by atoms with Crippen molar-refractivity contribution in [3.8, 4) is 0 Å². The molecule has 2 aromatic rings. The van der Waals surface area contributed by atoms with E-state index in [9.17, 15) is 18.0 Å². The molecule has 2 aromatic heterocycles. The largest absolute Gasteiger partial charge is 0.490 e. The first-order chi connectivity index (χ1) is 15.6. The van der Waals surface area contributed by atoms with Crippen LogP contribution < -0.4 is 0 Å². The predicted octanol–water partition coefficient (Wildman–Crippen LogP) is 2.80. The number of rotatable bonds is 6. The summed E-state index contributed by atoms with van der Waals surface area (Å²) < 4.78 is 39.7. The van der Waals surface area contributed by atoms with Gasteiger partial charge in [0.25, 0.3) is 5.91 Å². The second kappa shape index (κ2) is 10.3. The minimum absolute atomic E-state index is 0.0959. The van der Waals surface area contributed by atoms with Gasteiger partial charge in [0.15, 0.2) is 0 Å². The maximum Gasteiger partial charge on any atom is 0.490 e. The average Bonchev–Trinajstić information content (AvgIpc) is 3.50. The molecule has 0 saturated heterocycles. The van der Waals surface area contributed by atoms with Crippen LogP contribution in [0.4, 0.5) is 13.2 Å². The van der Waals surface area contributed by atoms with Gasteiger partial charge in [0.1, 0.15) is 5.69 Å². The summed E-state index contributed by atoms with van der Waals surface area (Å²) in [6.45, 7) is 7.29. The smallest absolute Gasteiger partial charge is 0.475 e. The Labute approximate surface area is 188 Å². The number of aryl methyl sites for hydroxylation is 1. The number of nitrogens with zero attached hydrogens (tertiary/aromatic N) is 5. The predicted molar refractivity (Wildman–Crippen MR) is 109 cm³/mol. The number of imidazole rings is 1. The maximum absolute atomic E-state index is 12.9. The lowest BCUT2D eigenvalue weighted by molar-refractivity contribution is -0.192. The van der Waals surface area contributed by atoms with E-state index in [2.05, 4.69) is 19.5 Å². The molecule has 180 valence electrons. The van der Waals surface area contributed by atoms with Gasteiger partial charge in [-0.15, -0.1) is 0 Å². The van der Waals surface area contributed by atoms with Crippen LogP contribution in [0.1, 0.15) is 53.3 Å². The molecule has 0 aromatic carbocycles. The summed E-state index contributed by atoms with van der Waals surface area (Å²) in [5.74, 6) is -1.93. The lowest BCUT2D eigenvalue weighted by Crippen LogP contribution is -2.40. The van der Waals surface area contributed by atoms with Gasteiger partial charge in [0, 0.05) is 37.5 Å². The van der Waals surface area contributed by atoms with E-state index < -0.39 is 12.1 Å². The molecule has 1 amide bonds. The molecule has 12 heteroatoms. The van der Waals surface area contributed by atoms with E-state index >= 15 is 0 Å². The Bertz CT molecular complexity index is 973. The number of aliphatic carboxylic acids is 1. The molecule has 1 aliphatic carbocycles. The fourth-order valence-corrected chi connectivity index (χ4v) is 3.56. The summed E-state index contributed by atoms with van der Waals surface area (Å²) in [5.41, 5.74) is 3.40. The second-order valence-electron chi connectivity index (χ2n) is 8.06. The molecule has 33 heavy (non-hydrogen) atoms. The zero-order valence-electron chi connectivity index (χ0n) is 18.4. The molecule has 4 rings (SSSR count). The molecule has 0 spiro atoms. The number of hydrogen-bond acceptors (Lipinski definition) is 6. The van der Waals surface area contributed by atoms with Crippen molar-refractivity contribution in [2.45, 2.75) is 51.9 Å². The van der Waals surface area contributed by atoms with Crippen LogP contribution in [0.2, 0.25) is 0 Å². The zero-order valence-corrected chi connectivity index (χ0v) is 18.4. The summed E-state index contributed by atoms with van der Waals surface area (Å²) in [5, 5.41) is 7.12. The number of fused-ring (bicyclic) bond motifs is 1. The molecule has 1 N–H and O–H groups in total. The lowest BCUT2D eigenvalue weighted by atomic mass is 9.98. The standard InChI is InChI=1S/C19H25N5O2.C2HF3O2/c1-3-26-11-15-9-23(19(25)16-7-20-13(2)6-21-16)10-17-18(15)24(12-22-17)8-14-4-5-14;3-2(4,5)1(6)7/h6-7,12,14-15H,3-5,8-11H2,1-2H3;(H,6,7). The van der Waals surface area contributed by atoms with E-state index in [-0.39, 0.29) is 11.8 Å². The number of halogens is 3. The molecule has 1 atom stereocenters. The van der Waals surface area contributed by atoms with Crippen LogP contribution in [0.3, 0.4) is 0 Å². The molecular weight excluding hydrogens is 443 g/mol. The van der Waals surface area contributed by atoms with Gasteiger partial charge in [-0.2, -0.15) is 13.2 Å². The average molecular weight is 469 g/mol. The normalized spacial score (nSPS) is 17.7. The Morgan fingerprint density at radius 2 is 1.91 bits per heavy atom. The number of amides is 1. The molecule has 1 aliphatic heterocycles. The van der Waals surface area contributed by atoms with Crippen LogP contribution in [0.25, 0.3) is 0 Å². The van der Waals surface area contributed by atoms with Gasteiger partial charge < -0.3 is 19.3 Å². The second-order valence-corrected chi connectivity index (χ2v) is 8.06. The first-order valence-electron chi connectivity index (χ1n) is 10.6. The SMILES string of the molecule is CCOCC1CN(C(=O)c2cnc(C)cn2)Cc2ncn(CC3CC3)c21.O=C(O)C(F)(F)F. The van der Waals surface area contributed by atoms with E-state index in [4.69, 9.17) is 14.6 Å². The van der Waals surface area contributed by atoms with Crippen molar-refractivity contribution >= 4 is 11.9 Å². The van der Waals surface area contributed by atoms with E-state index in [1.165, 1.54) is 18.5 Å².